The van der Waals surface area contributed by atoms with Gasteiger partial charge in [-0.3, -0.25) is 4.79 Å². The minimum absolute atomic E-state index is 0.0684. The number of rotatable bonds is 3. The van der Waals surface area contributed by atoms with Gasteiger partial charge in [-0.05, 0) is 19.4 Å². The van der Waals surface area contributed by atoms with Gasteiger partial charge in [0, 0.05) is 36.4 Å². The van der Waals surface area contributed by atoms with Gasteiger partial charge in [0.05, 0.1) is 0 Å². The molecule has 1 aliphatic rings. The van der Waals surface area contributed by atoms with Gasteiger partial charge in [-0.1, -0.05) is 25.1 Å². The summed E-state index contributed by atoms with van der Waals surface area (Å²) in [5, 5.41) is 12.5. The Kier molecular flexibility index (Phi) is 3.59. The lowest BCUT2D eigenvalue weighted by Gasteiger charge is -2.24. The minimum atomic E-state index is -0.150. The molecule has 124 valence electrons. The van der Waals surface area contributed by atoms with Crippen LogP contribution in [0, 0.1) is 6.92 Å². The van der Waals surface area contributed by atoms with Crippen molar-refractivity contribution in [3.63, 3.8) is 0 Å². The number of aromatic nitrogens is 3. The van der Waals surface area contributed by atoms with Crippen molar-refractivity contribution in [1.29, 1.82) is 0 Å². The molecule has 1 amide bonds. The second-order valence-electron chi connectivity index (χ2n) is 6.26. The van der Waals surface area contributed by atoms with E-state index in [2.05, 4.69) is 27.0 Å². The summed E-state index contributed by atoms with van der Waals surface area (Å²) in [6, 6.07) is 7.79. The van der Waals surface area contributed by atoms with Crippen molar-refractivity contribution in [2.45, 2.75) is 45.7 Å². The van der Waals surface area contributed by atoms with Crippen LogP contribution >= 0.6 is 0 Å². The fourth-order valence-corrected chi connectivity index (χ4v) is 3.40. The molecule has 0 radical (unpaired) electrons. The quantitative estimate of drug-likeness (QED) is 0.804. The summed E-state index contributed by atoms with van der Waals surface area (Å²) < 4.78 is 7.88. The lowest BCUT2D eigenvalue weighted by molar-refractivity contribution is 0.0900. The molecule has 1 aromatic carbocycles. The number of hydrogen-bond donors (Lipinski definition) is 1. The molecule has 1 unspecified atom stereocenters. The van der Waals surface area contributed by atoms with Crippen LogP contribution in [0.15, 0.2) is 28.7 Å². The van der Waals surface area contributed by atoms with Crippen LogP contribution in [0.2, 0.25) is 0 Å². The molecule has 1 N–H and O–H groups in total. The molecule has 2 aromatic heterocycles. The normalized spacial score (nSPS) is 17.0. The number of benzene rings is 1. The molecule has 6 heteroatoms. The summed E-state index contributed by atoms with van der Waals surface area (Å²) in [5.41, 5.74) is 1.64. The highest BCUT2D eigenvalue weighted by Crippen LogP contribution is 2.25. The van der Waals surface area contributed by atoms with E-state index in [0.29, 0.717) is 5.76 Å². The second-order valence-corrected chi connectivity index (χ2v) is 6.26. The largest absolute Gasteiger partial charge is 0.451 e. The number of hydrogen-bond acceptors (Lipinski definition) is 4. The van der Waals surface area contributed by atoms with Crippen LogP contribution in [0.4, 0.5) is 0 Å². The number of nitrogens with zero attached hydrogens (tertiary/aromatic N) is 3. The van der Waals surface area contributed by atoms with E-state index in [-0.39, 0.29) is 11.9 Å². The van der Waals surface area contributed by atoms with Crippen molar-refractivity contribution >= 4 is 16.9 Å². The lowest BCUT2D eigenvalue weighted by atomic mass is 10.1. The first-order valence-corrected chi connectivity index (χ1v) is 8.37. The Bertz CT molecular complexity index is 896. The molecule has 3 heterocycles. The zero-order chi connectivity index (χ0) is 16.7. The maximum atomic E-state index is 12.7. The van der Waals surface area contributed by atoms with Crippen molar-refractivity contribution in [1.82, 2.24) is 20.1 Å². The van der Waals surface area contributed by atoms with Gasteiger partial charge in [-0.2, -0.15) is 0 Å². The first-order chi connectivity index (χ1) is 11.7. The van der Waals surface area contributed by atoms with Crippen molar-refractivity contribution < 1.29 is 9.21 Å². The zero-order valence-electron chi connectivity index (χ0n) is 13.9. The summed E-state index contributed by atoms with van der Waals surface area (Å²) in [6.45, 7) is 4.71. The lowest BCUT2D eigenvalue weighted by Crippen LogP contribution is -2.41. The van der Waals surface area contributed by atoms with E-state index in [9.17, 15) is 4.79 Å². The third kappa shape index (κ3) is 2.38. The standard InChI is InChI=1S/C18H20N4O2/c1-3-15-20-21-16-9-8-12(10-22(15)16)19-18(23)17-11(2)13-6-4-5-7-14(13)24-17/h4-7,12H,3,8-10H2,1-2H3,(H,19,23). The molecule has 0 aliphatic carbocycles. The fourth-order valence-electron chi connectivity index (χ4n) is 3.40. The third-order valence-corrected chi connectivity index (χ3v) is 4.72. The fraction of sp³-hybridized carbons (Fsp3) is 0.389. The van der Waals surface area contributed by atoms with Gasteiger partial charge in [0.25, 0.3) is 5.91 Å². The monoisotopic (exact) mass is 324 g/mol. The third-order valence-electron chi connectivity index (χ3n) is 4.72. The molecule has 0 fully saturated rings. The molecule has 3 aromatic rings. The van der Waals surface area contributed by atoms with Gasteiger partial charge in [0.15, 0.2) is 5.76 Å². The van der Waals surface area contributed by atoms with Crippen LogP contribution in [-0.2, 0) is 19.4 Å². The predicted molar refractivity (Wildman–Crippen MR) is 89.9 cm³/mol. The van der Waals surface area contributed by atoms with Crippen LogP contribution in [-0.4, -0.2) is 26.7 Å². The summed E-state index contributed by atoms with van der Waals surface area (Å²) in [6.07, 6.45) is 2.54. The summed E-state index contributed by atoms with van der Waals surface area (Å²) in [7, 11) is 0. The number of aryl methyl sites for hydroxylation is 3. The molecule has 1 aliphatic heterocycles. The molecular formula is C18H20N4O2. The Balaban J connectivity index is 1.55. The Hall–Kier alpha value is -2.63. The van der Waals surface area contributed by atoms with Gasteiger partial charge in [0.1, 0.15) is 17.2 Å². The van der Waals surface area contributed by atoms with Crippen LogP contribution < -0.4 is 5.32 Å². The number of para-hydroxylation sites is 1. The number of nitrogens with one attached hydrogen (secondary N) is 1. The van der Waals surface area contributed by atoms with Crippen LogP contribution in [0.1, 0.15) is 41.1 Å². The van der Waals surface area contributed by atoms with E-state index < -0.39 is 0 Å². The zero-order valence-corrected chi connectivity index (χ0v) is 13.9. The topological polar surface area (TPSA) is 73.0 Å². The Labute approximate surface area is 139 Å². The predicted octanol–water partition coefficient (Wildman–Crippen LogP) is 2.64. The average molecular weight is 324 g/mol. The first kappa shape index (κ1) is 14.9. The molecule has 0 saturated carbocycles. The number of carbonyl (C=O) groups is 1. The summed E-state index contributed by atoms with van der Waals surface area (Å²) >= 11 is 0. The van der Waals surface area contributed by atoms with Crippen molar-refractivity contribution in [2.75, 3.05) is 0 Å². The molecule has 24 heavy (non-hydrogen) atoms. The Morgan fingerprint density at radius 1 is 1.38 bits per heavy atom. The minimum Gasteiger partial charge on any atom is -0.451 e. The summed E-state index contributed by atoms with van der Waals surface area (Å²) in [4.78, 5) is 12.7. The number of fused-ring (bicyclic) bond motifs is 2. The van der Waals surface area contributed by atoms with E-state index in [4.69, 9.17) is 4.42 Å². The van der Waals surface area contributed by atoms with Crippen LogP contribution in [0.25, 0.3) is 11.0 Å². The Morgan fingerprint density at radius 3 is 3.00 bits per heavy atom. The van der Waals surface area contributed by atoms with Crippen molar-refractivity contribution in [3.8, 4) is 0 Å². The van der Waals surface area contributed by atoms with Crippen LogP contribution in [0.3, 0.4) is 0 Å². The van der Waals surface area contributed by atoms with E-state index in [1.807, 2.05) is 31.2 Å². The van der Waals surface area contributed by atoms with E-state index >= 15 is 0 Å². The number of amides is 1. The molecular weight excluding hydrogens is 304 g/mol. The molecule has 4 rings (SSSR count). The van der Waals surface area contributed by atoms with Gasteiger partial charge >= 0.3 is 0 Å². The molecule has 0 saturated heterocycles. The number of furan rings is 1. The van der Waals surface area contributed by atoms with Crippen LogP contribution in [0.5, 0.6) is 0 Å². The highest BCUT2D eigenvalue weighted by atomic mass is 16.3. The van der Waals surface area contributed by atoms with E-state index in [1.54, 1.807) is 0 Å². The van der Waals surface area contributed by atoms with Crippen molar-refractivity contribution in [2.24, 2.45) is 0 Å². The SMILES string of the molecule is CCc1nnc2n1CC(NC(=O)c1oc3ccccc3c1C)CC2. The molecule has 0 bridgehead atoms. The van der Waals surface area contributed by atoms with Gasteiger partial charge in [-0.15, -0.1) is 10.2 Å². The maximum Gasteiger partial charge on any atom is 0.287 e. The van der Waals surface area contributed by atoms with Gasteiger partial charge < -0.3 is 14.3 Å². The van der Waals surface area contributed by atoms with Crippen molar-refractivity contribution in [3.05, 3.63) is 47.2 Å². The smallest absolute Gasteiger partial charge is 0.287 e. The number of carbonyl (C=O) groups excluding carboxylic acids is 1. The molecule has 1 atom stereocenters. The Morgan fingerprint density at radius 2 is 2.21 bits per heavy atom. The highest BCUT2D eigenvalue weighted by molar-refractivity contribution is 5.99. The maximum absolute atomic E-state index is 12.7. The van der Waals surface area contributed by atoms with Gasteiger partial charge in [0.2, 0.25) is 0 Å². The molecule has 0 spiro atoms. The summed E-state index contributed by atoms with van der Waals surface area (Å²) in [5.74, 6) is 2.24. The second kappa shape index (κ2) is 5.78. The van der Waals surface area contributed by atoms with E-state index in [1.165, 1.54) is 0 Å². The van der Waals surface area contributed by atoms with Gasteiger partial charge in [-0.25, -0.2) is 0 Å². The average Bonchev–Trinajstić information content (AvgIpc) is 3.16. The first-order valence-electron chi connectivity index (χ1n) is 8.37. The molecule has 6 nitrogen and oxygen atoms in total. The van der Waals surface area contributed by atoms with E-state index in [0.717, 1.165) is 54.0 Å². The highest BCUT2D eigenvalue weighted by Gasteiger charge is 2.26.